The lowest BCUT2D eigenvalue weighted by Gasteiger charge is -2.34. The predicted molar refractivity (Wildman–Crippen MR) is 68.3 cm³/mol. The van der Waals surface area contributed by atoms with Gasteiger partial charge in [0.15, 0.2) is 0 Å². The van der Waals surface area contributed by atoms with Crippen LogP contribution >= 0.6 is 0 Å². The molecule has 2 amide bonds. The van der Waals surface area contributed by atoms with E-state index < -0.39 is 0 Å². The van der Waals surface area contributed by atoms with Gasteiger partial charge in [-0.2, -0.15) is 0 Å². The maximum atomic E-state index is 11.7. The lowest BCUT2D eigenvalue weighted by molar-refractivity contribution is -0.124. The van der Waals surface area contributed by atoms with Gasteiger partial charge in [-0.25, -0.2) is 4.79 Å². The number of carbonyl (C=O) groups is 2. The highest BCUT2D eigenvalue weighted by Crippen LogP contribution is 2.04. The Morgan fingerprint density at radius 1 is 1.17 bits per heavy atom. The van der Waals surface area contributed by atoms with Crippen molar-refractivity contribution in [1.29, 1.82) is 0 Å². The van der Waals surface area contributed by atoms with E-state index in [1.165, 1.54) is 7.11 Å². The largest absolute Gasteiger partial charge is 0.453 e. The third-order valence-corrected chi connectivity index (χ3v) is 2.69. The number of hydrogen-bond donors (Lipinski definition) is 1. The maximum Gasteiger partial charge on any atom is 0.409 e. The van der Waals surface area contributed by atoms with Gasteiger partial charge < -0.3 is 15.0 Å². The summed E-state index contributed by atoms with van der Waals surface area (Å²) in [7, 11) is 1.38. The van der Waals surface area contributed by atoms with Crippen molar-refractivity contribution in [2.75, 3.05) is 39.8 Å². The van der Waals surface area contributed by atoms with Crippen LogP contribution in [0.25, 0.3) is 0 Å². The number of carbonyl (C=O) groups excluding carboxylic acids is 2. The van der Waals surface area contributed by atoms with Gasteiger partial charge in [0.2, 0.25) is 5.91 Å². The van der Waals surface area contributed by atoms with E-state index in [1.54, 1.807) is 4.90 Å². The summed E-state index contributed by atoms with van der Waals surface area (Å²) in [6.45, 7) is 8.87. The van der Waals surface area contributed by atoms with Crippen molar-refractivity contribution in [3.63, 3.8) is 0 Å². The Labute approximate surface area is 108 Å². The van der Waals surface area contributed by atoms with Crippen molar-refractivity contribution >= 4 is 12.0 Å². The molecule has 1 heterocycles. The first-order valence-electron chi connectivity index (χ1n) is 6.18. The van der Waals surface area contributed by atoms with Crippen LogP contribution in [0.2, 0.25) is 0 Å². The van der Waals surface area contributed by atoms with Crippen LogP contribution in [0.3, 0.4) is 0 Å². The normalized spacial score (nSPS) is 17.4. The molecule has 6 heteroatoms. The number of methoxy groups -OCH3 is 1. The Hall–Kier alpha value is -1.30. The van der Waals surface area contributed by atoms with Crippen LogP contribution in [0, 0.1) is 0 Å². The molecule has 0 aromatic heterocycles. The van der Waals surface area contributed by atoms with Crippen LogP contribution in [-0.2, 0) is 9.53 Å². The molecule has 0 aliphatic carbocycles. The van der Waals surface area contributed by atoms with E-state index in [0.29, 0.717) is 32.7 Å². The lowest BCUT2D eigenvalue weighted by atomic mass is 10.1. The molecule has 1 rings (SSSR count). The molecule has 0 atom stereocenters. The fourth-order valence-electron chi connectivity index (χ4n) is 1.88. The highest BCUT2D eigenvalue weighted by atomic mass is 16.5. The van der Waals surface area contributed by atoms with Gasteiger partial charge in [-0.15, -0.1) is 0 Å². The maximum absolute atomic E-state index is 11.7. The van der Waals surface area contributed by atoms with Gasteiger partial charge >= 0.3 is 6.09 Å². The summed E-state index contributed by atoms with van der Waals surface area (Å²) < 4.78 is 4.66. The van der Waals surface area contributed by atoms with Crippen molar-refractivity contribution in [1.82, 2.24) is 15.1 Å². The summed E-state index contributed by atoms with van der Waals surface area (Å²) in [5.41, 5.74) is -0.203. The topological polar surface area (TPSA) is 61.9 Å². The summed E-state index contributed by atoms with van der Waals surface area (Å²) in [5.74, 6) is 0.0222. The van der Waals surface area contributed by atoms with Crippen LogP contribution < -0.4 is 5.32 Å². The number of nitrogens with zero attached hydrogens (tertiary/aromatic N) is 2. The summed E-state index contributed by atoms with van der Waals surface area (Å²) in [4.78, 5) is 26.7. The second kappa shape index (κ2) is 6.04. The molecule has 0 aromatic carbocycles. The molecule has 1 aliphatic rings. The molecule has 0 aromatic rings. The quantitative estimate of drug-likeness (QED) is 0.772. The van der Waals surface area contributed by atoms with Gasteiger partial charge in [-0.05, 0) is 20.8 Å². The van der Waals surface area contributed by atoms with E-state index in [1.807, 2.05) is 25.7 Å². The van der Waals surface area contributed by atoms with Gasteiger partial charge in [0, 0.05) is 31.7 Å². The molecule has 1 aliphatic heterocycles. The molecular formula is C12H23N3O3. The molecule has 0 radical (unpaired) electrons. The first-order valence-corrected chi connectivity index (χ1v) is 6.18. The second-order valence-corrected chi connectivity index (χ2v) is 5.53. The van der Waals surface area contributed by atoms with E-state index in [0.717, 1.165) is 0 Å². The Morgan fingerprint density at radius 2 is 1.72 bits per heavy atom. The van der Waals surface area contributed by atoms with Crippen molar-refractivity contribution in [3.8, 4) is 0 Å². The third kappa shape index (κ3) is 4.91. The van der Waals surface area contributed by atoms with Crippen LogP contribution in [-0.4, -0.2) is 67.2 Å². The molecule has 0 bridgehead atoms. The number of piperazine rings is 1. The van der Waals surface area contributed by atoms with Crippen molar-refractivity contribution < 1.29 is 14.3 Å². The van der Waals surface area contributed by atoms with E-state index in [9.17, 15) is 9.59 Å². The summed E-state index contributed by atoms with van der Waals surface area (Å²) in [5, 5.41) is 2.93. The average Bonchev–Trinajstić information content (AvgIpc) is 2.26. The van der Waals surface area contributed by atoms with Crippen LogP contribution in [0.1, 0.15) is 20.8 Å². The lowest BCUT2D eigenvalue weighted by Crippen LogP contribution is -2.52. The van der Waals surface area contributed by atoms with E-state index in [2.05, 4.69) is 10.1 Å². The van der Waals surface area contributed by atoms with Crippen molar-refractivity contribution in [2.45, 2.75) is 26.3 Å². The predicted octanol–water partition coefficient (Wildman–Crippen LogP) is 0.285. The zero-order chi connectivity index (χ0) is 13.8. The van der Waals surface area contributed by atoms with Crippen molar-refractivity contribution in [2.24, 2.45) is 0 Å². The first kappa shape index (κ1) is 14.8. The average molecular weight is 257 g/mol. The fraction of sp³-hybridized carbons (Fsp3) is 0.833. The molecule has 104 valence electrons. The number of amides is 2. The highest BCUT2D eigenvalue weighted by molar-refractivity contribution is 5.78. The Kier molecular flexibility index (Phi) is 4.95. The van der Waals surface area contributed by atoms with E-state index >= 15 is 0 Å². The monoisotopic (exact) mass is 257 g/mol. The van der Waals surface area contributed by atoms with Gasteiger partial charge in [0.05, 0.1) is 13.7 Å². The summed E-state index contributed by atoms with van der Waals surface area (Å²) in [6, 6.07) is 0. The molecule has 1 N–H and O–H groups in total. The standard InChI is InChI=1S/C12H23N3O3/c1-12(2,3)13-10(16)9-14-5-7-15(8-6-14)11(17)18-4/h5-9H2,1-4H3,(H,13,16). The highest BCUT2D eigenvalue weighted by Gasteiger charge is 2.23. The van der Waals surface area contributed by atoms with E-state index in [-0.39, 0.29) is 17.5 Å². The minimum Gasteiger partial charge on any atom is -0.453 e. The Morgan fingerprint density at radius 3 is 2.17 bits per heavy atom. The minimum atomic E-state index is -0.297. The number of hydrogen-bond acceptors (Lipinski definition) is 4. The van der Waals surface area contributed by atoms with E-state index in [4.69, 9.17) is 0 Å². The van der Waals surface area contributed by atoms with Gasteiger partial charge in [-0.3, -0.25) is 9.69 Å². The molecule has 1 fully saturated rings. The Bertz CT molecular complexity index is 304. The number of rotatable bonds is 2. The van der Waals surface area contributed by atoms with Crippen molar-refractivity contribution in [3.05, 3.63) is 0 Å². The molecule has 0 spiro atoms. The van der Waals surface area contributed by atoms with Gasteiger partial charge in [0.25, 0.3) is 0 Å². The molecule has 0 unspecified atom stereocenters. The summed E-state index contributed by atoms with van der Waals surface area (Å²) in [6.07, 6.45) is -0.297. The van der Waals surface area contributed by atoms with Gasteiger partial charge in [-0.1, -0.05) is 0 Å². The minimum absolute atomic E-state index is 0.0222. The SMILES string of the molecule is COC(=O)N1CCN(CC(=O)NC(C)(C)C)CC1. The summed E-state index contributed by atoms with van der Waals surface area (Å²) >= 11 is 0. The number of nitrogens with one attached hydrogen (secondary N) is 1. The number of ether oxygens (including phenoxy) is 1. The zero-order valence-corrected chi connectivity index (χ0v) is 11.7. The molecule has 18 heavy (non-hydrogen) atoms. The molecule has 6 nitrogen and oxygen atoms in total. The van der Waals surface area contributed by atoms with Crippen LogP contribution in [0.4, 0.5) is 4.79 Å². The molecular weight excluding hydrogens is 234 g/mol. The second-order valence-electron chi connectivity index (χ2n) is 5.53. The molecule has 0 saturated carbocycles. The molecule has 1 saturated heterocycles. The smallest absolute Gasteiger partial charge is 0.409 e. The third-order valence-electron chi connectivity index (χ3n) is 2.69. The van der Waals surface area contributed by atoms with Crippen LogP contribution in [0.5, 0.6) is 0 Å². The zero-order valence-electron chi connectivity index (χ0n) is 11.7. The first-order chi connectivity index (χ1) is 8.31. The Balaban J connectivity index is 2.31. The van der Waals surface area contributed by atoms with Gasteiger partial charge in [0.1, 0.15) is 0 Å². The fourth-order valence-corrected chi connectivity index (χ4v) is 1.88. The van der Waals surface area contributed by atoms with Crippen LogP contribution in [0.15, 0.2) is 0 Å².